The highest BCUT2D eigenvalue weighted by atomic mass is 32.2. The van der Waals surface area contributed by atoms with E-state index in [1.807, 2.05) is 23.3 Å². The number of likely N-dealkylation sites (N-methyl/N-ethyl adjacent to an activating group) is 1. The van der Waals surface area contributed by atoms with Crippen molar-refractivity contribution in [1.29, 1.82) is 0 Å². The van der Waals surface area contributed by atoms with Gasteiger partial charge < -0.3 is 14.9 Å². The standard InChI is InChI=1S/C20H30N4O2S/c1-22-6-8-23(9-7-22)17-10-14-12-24(13-15(14)11-18(17)25)20(26)16-4-3-5-21-19(16)27-2/h3-5,14-15,17-18,25H,6-13H2,1-2H3/t14-,15+,17-,18-/m1/s1. The monoisotopic (exact) mass is 390 g/mol. The Balaban J connectivity index is 1.43. The van der Waals surface area contributed by atoms with Gasteiger partial charge in [0, 0.05) is 51.5 Å². The molecular weight excluding hydrogens is 360 g/mol. The second-order valence-corrected chi connectivity index (χ2v) is 9.03. The van der Waals surface area contributed by atoms with E-state index in [9.17, 15) is 9.90 Å². The first kappa shape index (κ1) is 19.2. The largest absolute Gasteiger partial charge is 0.391 e. The molecule has 1 N–H and O–H groups in total. The van der Waals surface area contributed by atoms with E-state index in [4.69, 9.17) is 0 Å². The number of rotatable bonds is 3. The Morgan fingerprint density at radius 1 is 1.19 bits per heavy atom. The molecule has 6 nitrogen and oxygen atoms in total. The number of aliphatic hydroxyl groups excluding tert-OH is 1. The van der Waals surface area contributed by atoms with Crippen LogP contribution in [0.25, 0.3) is 0 Å². The van der Waals surface area contributed by atoms with Gasteiger partial charge in [-0.1, -0.05) is 0 Å². The number of hydrogen-bond donors (Lipinski definition) is 1. The fraction of sp³-hybridized carbons (Fsp3) is 0.700. The molecule has 2 saturated heterocycles. The Morgan fingerprint density at radius 2 is 1.89 bits per heavy atom. The summed E-state index contributed by atoms with van der Waals surface area (Å²) in [5.74, 6) is 1.01. The molecule has 0 bridgehead atoms. The number of amides is 1. The molecule has 4 atom stereocenters. The predicted molar refractivity (Wildman–Crippen MR) is 107 cm³/mol. The lowest BCUT2D eigenvalue weighted by molar-refractivity contribution is -0.0249. The molecule has 1 aromatic rings. The van der Waals surface area contributed by atoms with Crippen molar-refractivity contribution < 1.29 is 9.90 Å². The Bertz CT molecular complexity index is 680. The molecule has 0 aromatic carbocycles. The van der Waals surface area contributed by atoms with E-state index in [0.29, 0.717) is 17.4 Å². The fourth-order valence-corrected chi connectivity index (χ4v) is 5.55. The third-order valence-electron chi connectivity index (χ3n) is 6.60. The zero-order chi connectivity index (χ0) is 19.0. The van der Waals surface area contributed by atoms with Gasteiger partial charge in [-0.05, 0) is 50.1 Å². The van der Waals surface area contributed by atoms with Crippen molar-refractivity contribution in [3.05, 3.63) is 23.9 Å². The van der Waals surface area contributed by atoms with Crippen molar-refractivity contribution in [1.82, 2.24) is 19.7 Å². The summed E-state index contributed by atoms with van der Waals surface area (Å²) in [7, 11) is 2.16. The van der Waals surface area contributed by atoms with Crippen LogP contribution in [0.1, 0.15) is 23.2 Å². The highest BCUT2D eigenvalue weighted by Crippen LogP contribution is 2.39. The molecule has 27 heavy (non-hydrogen) atoms. The van der Waals surface area contributed by atoms with Crippen LogP contribution in [-0.4, -0.2) is 95.4 Å². The number of aliphatic hydroxyl groups is 1. The summed E-state index contributed by atoms with van der Waals surface area (Å²) >= 11 is 1.52. The average molecular weight is 391 g/mol. The minimum absolute atomic E-state index is 0.0903. The number of hydrogen-bond acceptors (Lipinski definition) is 6. The number of carbonyl (C=O) groups is 1. The van der Waals surface area contributed by atoms with Gasteiger partial charge in [0.05, 0.1) is 11.7 Å². The fourth-order valence-electron chi connectivity index (χ4n) is 5.01. The first-order valence-electron chi connectivity index (χ1n) is 9.95. The third-order valence-corrected chi connectivity index (χ3v) is 7.31. The van der Waals surface area contributed by atoms with Crippen LogP contribution >= 0.6 is 11.8 Å². The molecule has 1 aliphatic carbocycles. The van der Waals surface area contributed by atoms with E-state index in [1.54, 1.807) is 6.20 Å². The van der Waals surface area contributed by atoms with Gasteiger partial charge in [-0.2, -0.15) is 0 Å². The molecule has 0 spiro atoms. The van der Waals surface area contributed by atoms with Crippen molar-refractivity contribution >= 4 is 17.7 Å². The lowest BCUT2D eigenvalue weighted by Gasteiger charge is -2.44. The predicted octanol–water partition coefficient (Wildman–Crippen LogP) is 1.26. The molecule has 7 heteroatoms. The Labute approximate surface area is 165 Å². The van der Waals surface area contributed by atoms with Gasteiger partial charge >= 0.3 is 0 Å². The van der Waals surface area contributed by atoms with Crippen molar-refractivity contribution in [3.8, 4) is 0 Å². The molecule has 0 radical (unpaired) electrons. The Hall–Kier alpha value is -1.15. The molecule has 4 rings (SSSR count). The van der Waals surface area contributed by atoms with Gasteiger partial charge in [-0.25, -0.2) is 4.98 Å². The van der Waals surface area contributed by atoms with Gasteiger partial charge in [0.15, 0.2) is 0 Å². The minimum atomic E-state index is -0.273. The minimum Gasteiger partial charge on any atom is -0.391 e. The van der Waals surface area contributed by atoms with E-state index in [2.05, 4.69) is 21.8 Å². The van der Waals surface area contributed by atoms with Crippen LogP contribution < -0.4 is 0 Å². The highest BCUT2D eigenvalue weighted by Gasteiger charge is 2.45. The molecule has 3 heterocycles. The molecule has 3 aliphatic rings. The van der Waals surface area contributed by atoms with E-state index in [0.717, 1.165) is 57.1 Å². The topological polar surface area (TPSA) is 59.9 Å². The number of aromatic nitrogens is 1. The maximum absolute atomic E-state index is 13.1. The van der Waals surface area contributed by atoms with Crippen molar-refractivity contribution in [2.45, 2.75) is 30.0 Å². The summed E-state index contributed by atoms with van der Waals surface area (Å²) < 4.78 is 0. The molecule has 3 fully saturated rings. The molecule has 1 saturated carbocycles. The number of likely N-dealkylation sites (tertiary alicyclic amines) is 1. The summed E-state index contributed by atoms with van der Waals surface area (Å²) in [6, 6.07) is 3.96. The van der Waals surface area contributed by atoms with Crippen molar-refractivity contribution in [3.63, 3.8) is 0 Å². The van der Waals surface area contributed by atoms with E-state index in [1.165, 1.54) is 11.8 Å². The molecule has 2 aliphatic heterocycles. The SMILES string of the molecule is CSc1ncccc1C(=O)N1C[C@H]2C[C@@H](N3CCN(C)CC3)[C@H](O)C[C@H]2C1. The Morgan fingerprint density at radius 3 is 2.59 bits per heavy atom. The quantitative estimate of drug-likeness (QED) is 0.785. The molecule has 0 unspecified atom stereocenters. The average Bonchev–Trinajstić information content (AvgIpc) is 3.10. The summed E-state index contributed by atoms with van der Waals surface area (Å²) in [5.41, 5.74) is 0.708. The summed E-state index contributed by atoms with van der Waals surface area (Å²) in [4.78, 5) is 24.2. The highest BCUT2D eigenvalue weighted by molar-refractivity contribution is 7.98. The van der Waals surface area contributed by atoms with Gasteiger partial charge in [-0.3, -0.25) is 9.69 Å². The molecule has 148 valence electrons. The first-order chi connectivity index (χ1) is 13.1. The van der Waals surface area contributed by atoms with Crippen LogP contribution in [0.3, 0.4) is 0 Å². The van der Waals surface area contributed by atoms with Gasteiger partial charge in [0.1, 0.15) is 5.03 Å². The molecular formula is C20H30N4O2S. The lowest BCUT2D eigenvalue weighted by atomic mass is 9.77. The Kier molecular flexibility index (Phi) is 5.73. The maximum atomic E-state index is 13.1. The summed E-state index contributed by atoms with van der Waals surface area (Å²) in [6.07, 6.45) is 5.24. The van der Waals surface area contributed by atoms with Crippen LogP contribution in [0.5, 0.6) is 0 Å². The summed E-state index contributed by atoms with van der Waals surface area (Å²) in [5, 5.41) is 11.6. The van der Waals surface area contributed by atoms with Gasteiger partial charge in [0.25, 0.3) is 5.91 Å². The third kappa shape index (κ3) is 3.88. The van der Waals surface area contributed by atoms with E-state index >= 15 is 0 Å². The van der Waals surface area contributed by atoms with Crippen molar-refractivity contribution in [2.24, 2.45) is 11.8 Å². The van der Waals surface area contributed by atoms with Crippen LogP contribution in [0.15, 0.2) is 23.4 Å². The number of piperazine rings is 1. The van der Waals surface area contributed by atoms with Crippen LogP contribution in [0.4, 0.5) is 0 Å². The molecule has 1 amide bonds. The smallest absolute Gasteiger partial charge is 0.256 e. The van der Waals surface area contributed by atoms with E-state index in [-0.39, 0.29) is 18.1 Å². The van der Waals surface area contributed by atoms with Crippen LogP contribution in [0.2, 0.25) is 0 Å². The number of fused-ring (bicyclic) bond motifs is 1. The number of carbonyl (C=O) groups excluding carboxylic acids is 1. The zero-order valence-electron chi connectivity index (χ0n) is 16.3. The summed E-state index contributed by atoms with van der Waals surface area (Å²) in [6.45, 7) is 5.78. The zero-order valence-corrected chi connectivity index (χ0v) is 17.1. The lowest BCUT2D eigenvalue weighted by Crippen LogP contribution is -2.55. The van der Waals surface area contributed by atoms with Gasteiger partial charge in [-0.15, -0.1) is 11.8 Å². The van der Waals surface area contributed by atoms with Crippen LogP contribution in [0, 0.1) is 11.8 Å². The second kappa shape index (κ2) is 8.07. The number of thioether (sulfide) groups is 1. The first-order valence-corrected chi connectivity index (χ1v) is 11.2. The second-order valence-electron chi connectivity index (χ2n) is 8.24. The van der Waals surface area contributed by atoms with E-state index < -0.39 is 0 Å². The van der Waals surface area contributed by atoms with Crippen molar-refractivity contribution in [2.75, 3.05) is 52.6 Å². The number of nitrogens with zero attached hydrogens (tertiary/aromatic N) is 4. The van der Waals surface area contributed by atoms with Gasteiger partial charge in [0.2, 0.25) is 0 Å². The van der Waals surface area contributed by atoms with Crippen LogP contribution in [-0.2, 0) is 0 Å². The normalized spacial score (nSPS) is 32.5. The molecule has 1 aromatic heterocycles. The maximum Gasteiger partial charge on any atom is 0.256 e. The number of pyridine rings is 1.